The Kier molecular flexibility index (Phi) is 7.58. The lowest BCUT2D eigenvalue weighted by Crippen LogP contribution is -2.51. The summed E-state index contributed by atoms with van der Waals surface area (Å²) in [6.07, 6.45) is 6.46. The summed E-state index contributed by atoms with van der Waals surface area (Å²) in [6, 6.07) is 11.2. The van der Waals surface area contributed by atoms with Gasteiger partial charge in [0.25, 0.3) is 5.91 Å². The first-order valence-electron chi connectivity index (χ1n) is 11.6. The van der Waals surface area contributed by atoms with Gasteiger partial charge < -0.3 is 15.1 Å². The van der Waals surface area contributed by atoms with Crippen LogP contribution in [0.1, 0.15) is 53.8 Å². The molecule has 1 aromatic carbocycles. The van der Waals surface area contributed by atoms with Crippen LogP contribution in [0, 0.1) is 5.92 Å². The molecule has 0 bridgehead atoms. The molecule has 7 heteroatoms. The van der Waals surface area contributed by atoms with E-state index in [9.17, 15) is 14.4 Å². The molecule has 4 rings (SSSR count). The number of nitrogens with one attached hydrogen (secondary N) is 1. The monoisotopic (exact) mass is 453 g/mol. The van der Waals surface area contributed by atoms with Gasteiger partial charge in [-0.1, -0.05) is 25.0 Å². The predicted molar refractivity (Wildman–Crippen MR) is 127 cm³/mol. The van der Waals surface area contributed by atoms with E-state index < -0.39 is 0 Å². The fourth-order valence-corrected chi connectivity index (χ4v) is 5.33. The molecule has 0 spiro atoms. The van der Waals surface area contributed by atoms with Crippen molar-refractivity contribution in [3.05, 3.63) is 52.2 Å². The summed E-state index contributed by atoms with van der Waals surface area (Å²) in [4.78, 5) is 42.9. The van der Waals surface area contributed by atoms with E-state index in [-0.39, 0.29) is 23.6 Å². The zero-order chi connectivity index (χ0) is 22.3. The second kappa shape index (κ2) is 10.8. The Balaban J connectivity index is 1.25. The summed E-state index contributed by atoms with van der Waals surface area (Å²) in [5.74, 6) is 0.359. The van der Waals surface area contributed by atoms with Crippen LogP contribution < -0.4 is 5.32 Å². The number of hydrogen-bond acceptors (Lipinski definition) is 4. The topological polar surface area (TPSA) is 69.7 Å². The highest BCUT2D eigenvalue weighted by atomic mass is 32.1. The van der Waals surface area contributed by atoms with Crippen LogP contribution in [-0.4, -0.2) is 53.7 Å². The van der Waals surface area contributed by atoms with E-state index >= 15 is 0 Å². The van der Waals surface area contributed by atoms with Gasteiger partial charge in [-0.05, 0) is 55.3 Å². The molecule has 170 valence electrons. The van der Waals surface area contributed by atoms with Gasteiger partial charge >= 0.3 is 0 Å². The van der Waals surface area contributed by atoms with E-state index in [1.54, 1.807) is 34.4 Å². The maximum atomic E-state index is 13.0. The van der Waals surface area contributed by atoms with Crippen LogP contribution in [0.15, 0.2) is 41.8 Å². The Morgan fingerprint density at radius 1 is 0.969 bits per heavy atom. The minimum atomic E-state index is -0.0493. The van der Waals surface area contributed by atoms with Crippen LogP contribution in [0.2, 0.25) is 0 Å². The van der Waals surface area contributed by atoms with Crippen LogP contribution in [0.25, 0.3) is 0 Å². The van der Waals surface area contributed by atoms with Crippen molar-refractivity contribution in [2.75, 3.05) is 31.5 Å². The van der Waals surface area contributed by atoms with Crippen molar-refractivity contribution in [2.24, 2.45) is 5.92 Å². The van der Waals surface area contributed by atoms with Crippen LogP contribution in [0.5, 0.6) is 0 Å². The van der Waals surface area contributed by atoms with Crippen LogP contribution >= 0.6 is 11.3 Å². The standard InChI is InChI=1S/C25H31N3O3S/c29-23(12-4-10-22-11-5-17-32-22)26-21-9-3-8-20(18-21)25(31)28-15-13-27(14-16-28)24(30)19-6-1-2-7-19/h3,5,8-9,11,17-19H,1-2,4,6-7,10,12-16H2,(H,26,29). The van der Waals surface area contributed by atoms with E-state index in [0.717, 1.165) is 38.5 Å². The van der Waals surface area contributed by atoms with E-state index in [0.29, 0.717) is 43.9 Å². The average molecular weight is 454 g/mol. The highest BCUT2D eigenvalue weighted by Gasteiger charge is 2.30. The predicted octanol–water partition coefficient (Wildman–Crippen LogP) is 4.18. The van der Waals surface area contributed by atoms with Crippen LogP contribution in [-0.2, 0) is 16.0 Å². The molecule has 2 heterocycles. The summed E-state index contributed by atoms with van der Waals surface area (Å²) in [5, 5.41) is 4.96. The fraction of sp³-hybridized carbons (Fsp3) is 0.480. The zero-order valence-electron chi connectivity index (χ0n) is 18.4. The van der Waals surface area contributed by atoms with Crippen molar-refractivity contribution >= 4 is 34.7 Å². The number of amides is 3. The van der Waals surface area contributed by atoms with Gasteiger partial charge in [0.15, 0.2) is 0 Å². The number of piperazine rings is 1. The second-order valence-electron chi connectivity index (χ2n) is 8.66. The minimum Gasteiger partial charge on any atom is -0.339 e. The molecule has 1 N–H and O–H groups in total. The number of anilines is 1. The second-order valence-corrected chi connectivity index (χ2v) is 9.69. The van der Waals surface area contributed by atoms with E-state index in [1.165, 1.54) is 4.88 Å². The fourth-order valence-electron chi connectivity index (χ4n) is 4.57. The van der Waals surface area contributed by atoms with Crippen molar-refractivity contribution in [2.45, 2.75) is 44.9 Å². The molecule has 32 heavy (non-hydrogen) atoms. The van der Waals surface area contributed by atoms with Gasteiger partial charge in [0.1, 0.15) is 0 Å². The third-order valence-electron chi connectivity index (χ3n) is 6.38. The molecule has 0 atom stereocenters. The first kappa shape index (κ1) is 22.5. The molecular weight excluding hydrogens is 422 g/mol. The summed E-state index contributed by atoms with van der Waals surface area (Å²) >= 11 is 1.71. The molecule has 2 fully saturated rings. The Hall–Kier alpha value is -2.67. The highest BCUT2D eigenvalue weighted by Crippen LogP contribution is 2.27. The maximum absolute atomic E-state index is 13.0. The molecule has 1 saturated heterocycles. The third-order valence-corrected chi connectivity index (χ3v) is 7.32. The van der Waals surface area contributed by atoms with Crippen molar-refractivity contribution in [1.29, 1.82) is 0 Å². The number of benzene rings is 1. The number of hydrogen-bond donors (Lipinski definition) is 1. The van der Waals surface area contributed by atoms with Gasteiger partial charge in [-0.25, -0.2) is 0 Å². The average Bonchev–Trinajstić information content (AvgIpc) is 3.53. The number of carbonyl (C=O) groups is 3. The zero-order valence-corrected chi connectivity index (χ0v) is 19.2. The number of thiophene rings is 1. The number of aryl methyl sites for hydroxylation is 1. The molecule has 1 aromatic heterocycles. The summed E-state index contributed by atoms with van der Waals surface area (Å²) < 4.78 is 0. The normalized spacial score (nSPS) is 16.9. The molecular formula is C25H31N3O3S. The maximum Gasteiger partial charge on any atom is 0.254 e. The molecule has 1 saturated carbocycles. The molecule has 1 aliphatic heterocycles. The van der Waals surface area contributed by atoms with Gasteiger partial charge in [-0.3, -0.25) is 14.4 Å². The SMILES string of the molecule is O=C(CCCc1cccs1)Nc1cccc(C(=O)N2CCN(C(=O)C3CCCC3)CC2)c1. The summed E-state index contributed by atoms with van der Waals surface area (Å²) in [6.45, 7) is 2.30. The van der Waals surface area contributed by atoms with E-state index in [4.69, 9.17) is 0 Å². The number of nitrogens with zero attached hydrogens (tertiary/aromatic N) is 2. The van der Waals surface area contributed by atoms with Gasteiger partial charge in [-0.2, -0.15) is 0 Å². The van der Waals surface area contributed by atoms with Crippen molar-refractivity contribution in [1.82, 2.24) is 9.80 Å². The molecule has 0 unspecified atom stereocenters. The lowest BCUT2D eigenvalue weighted by Gasteiger charge is -2.36. The number of carbonyl (C=O) groups excluding carboxylic acids is 3. The van der Waals surface area contributed by atoms with Crippen molar-refractivity contribution < 1.29 is 14.4 Å². The Morgan fingerprint density at radius 3 is 2.44 bits per heavy atom. The molecule has 0 radical (unpaired) electrons. The van der Waals surface area contributed by atoms with Crippen LogP contribution in [0.3, 0.4) is 0 Å². The first-order chi connectivity index (χ1) is 15.6. The molecule has 6 nitrogen and oxygen atoms in total. The third kappa shape index (κ3) is 5.76. The molecule has 3 amide bonds. The Morgan fingerprint density at radius 2 is 1.72 bits per heavy atom. The Bertz CT molecular complexity index is 930. The molecule has 2 aromatic rings. The van der Waals surface area contributed by atoms with Crippen molar-refractivity contribution in [3.63, 3.8) is 0 Å². The largest absolute Gasteiger partial charge is 0.339 e. The first-order valence-corrected chi connectivity index (χ1v) is 12.5. The van der Waals surface area contributed by atoms with Gasteiger partial charge in [0, 0.05) is 54.6 Å². The molecule has 2 aliphatic rings. The van der Waals surface area contributed by atoms with E-state index in [2.05, 4.69) is 11.4 Å². The van der Waals surface area contributed by atoms with E-state index in [1.807, 2.05) is 22.4 Å². The Labute approximate surface area is 193 Å². The minimum absolute atomic E-state index is 0.0369. The van der Waals surface area contributed by atoms with Gasteiger partial charge in [0.05, 0.1) is 0 Å². The smallest absolute Gasteiger partial charge is 0.254 e. The lowest BCUT2D eigenvalue weighted by atomic mass is 10.1. The van der Waals surface area contributed by atoms with Crippen LogP contribution in [0.4, 0.5) is 5.69 Å². The summed E-state index contributed by atoms with van der Waals surface area (Å²) in [7, 11) is 0. The van der Waals surface area contributed by atoms with Gasteiger partial charge in [0.2, 0.25) is 11.8 Å². The summed E-state index contributed by atoms with van der Waals surface area (Å²) in [5.41, 5.74) is 1.21. The lowest BCUT2D eigenvalue weighted by molar-refractivity contribution is -0.136. The highest BCUT2D eigenvalue weighted by molar-refractivity contribution is 7.09. The quantitative estimate of drug-likeness (QED) is 0.684. The van der Waals surface area contributed by atoms with Crippen molar-refractivity contribution in [3.8, 4) is 0 Å². The number of rotatable bonds is 7. The van der Waals surface area contributed by atoms with Gasteiger partial charge in [-0.15, -0.1) is 11.3 Å². The molecule has 1 aliphatic carbocycles.